The number of aryl methyl sites for hydroxylation is 2. The quantitative estimate of drug-likeness (QED) is 0.289. The first-order valence-corrected chi connectivity index (χ1v) is 16.6. The maximum atomic E-state index is 14.4. The van der Waals surface area contributed by atoms with Crippen molar-refractivity contribution in [3.8, 4) is 5.75 Å². The molecule has 3 N–H and O–H groups in total. The van der Waals surface area contributed by atoms with E-state index in [-0.39, 0.29) is 55.1 Å². The Labute approximate surface area is 282 Å². The largest absolute Gasteiger partial charge is 0.490 e. The van der Waals surface area contributed by atoms with Crippen molar-refractivity contribution in [3.05, 3.63) is 71.1 Å². The number of likely N-dealkylation sites (N-methyl/N-ethyl adjacent to an activating group) is 1. The highest BCUT2D eigenvalue weighted by Crippen LogP contribution is 2.29. The zero-order chi connectivity index (χ0) is 34.8. The van der Waals surface area contributed by atoms with Crippen LogP contribution in [0.15, 0.2) is 53.1 Å². The number of carbonyl (C=O) groups excluding carboxylic acids is 3. The van der Waals surface area contributed by atoms with Gasteiger partial charge in [-0.25, -0.2) is 4.79 Å². The minimum absolute atomic E-state index is 0.0219. The van der Waals surface area contributed by atoms with Gasteiger partial charge in [0.15, 0.2) is 5.76 Å². The van der Waals surface area contributed by atoms with Crippen molar-refractivity contribution >= 4 is 29.2 Å². The molecule has 0 spiro atoms. The highest BCUT2D eigenvalue weighted by atomic mass is 16.5. The summed E-state index contributed by atoms with van der Waals surface area (Å²) >= 11 is 0. The lowest BCUT2D eigenvalue weighted by atomic mass is 10.0. The molecule has 4 atom stereocenters. The number of carbonyl (C=O) groups is 3. The van der Waals surface area contributed by atoms with E-state index in [0.717, 1.165) is 24.8 Å². The van der Waals surface area contributed by atoms with Crippen molar-refractivity contribution < 1.29 is 33.5 Å². The fourth-order valence-corrected chi connectivity index (χ4v) is 5.68. The number of aliphatic hydroxyl groups is 1. The number of ether oxygens (including phenoxy) is 2. The van der Waals surface area contributed by atoms with Gasteiger partial charge in [-0.3, -0.25) is 9.59 Å². The van der Waals surface area contributed by atoms with Crippen LogP contribution in [0.4, 0.5) is 16.2 Å². The average molecular weight is 664 g/mol. The molecule has 2 aromatic carbocycles. The molecule has 0 fully saturated rings. The number of fused-ring (bicyclic) bond motifs is 1. The SMILES string of the molecule is Cc1noc(C)c1NC(=O)Nc1ccc2c(c1)C(=O)N([C@@H](C)CO)C[C@H](C)[C@@H](CN(C)C(=O)Cc1ccccc1)OCCCC[C@@H](C)O2. The highest BCUT2D eigenvalue weighted by molar-refractivity contribution is 6.03. The molecule has 0 aliphatic carbocycles. The van der Waals surface area contributed by atoms with Crippen LogP contribution >= 0.6 is 0 Å². The van der Waals surface area contributed by atoms with Gasteiger partial charge in [-0.1, -0.05) is 42.4 Å². The normalized spacial score (nSPS) is 19.8. The van der Waals surface area contributed by atoms with E-state index in [0.29, 0.717) is 41.7 Å². The molecule has 4 rings (SSSR count). The maximum absolute atomic E-state index is 14.4. The van der Waals surface area contributed by atoms with Crippen molar-refractivity contribution in [2.75, 3.05) is 44.0 Å². The standard InChI is InChI=1S/C36H49N5O7/c1-23-20-41(24(2)22-42)35(44)30-19-29(37-36(45)38-34-26(4)39-48-27(34)5)15-16-31(30)47-25(3)12-10-11-17-46-32(23)21-40(6)33(43)18-28-13-8-7-9-14-28/h7-9,13-16,19,23-25,32,42H,10-12,17-18,20-22H2,1-6H3,(H2,37,38,45)/t23-,24-,25+,32+/m0/s1. The minimum Gasteiger partial charge on any atom is -0.490 e. The number of urea groups is 1. The summed E-state index contributed by atoms with van der Waals surface area (Å²) in [6.07, 6.45) is 2.14. The molecule has 12 nitrogen and oxygen atoms in total. The van der Waals surface area contributed by atoms with Gasteiger partial charge in [0.1, 0.15) is 17.1 Å². The number of rotatable bonds is 8. The second kappa shape index (κ2) is 17.1. The van der Waals surface area contributed by atoms with E-state index in [1.165, 1.54) is 0 Å². The molecule has 3 aromatic rings. The van der Waals surface area contributed by atoms with Crippen molar-refractivity contribution in [2.24, 2.45) is 5.92 Å². The smallest absolute Gasteiger partial charge is 0.323 e. The summed E-state index contributed by atoms with van der Waals surface area (Å²) in [7, 11) is 1.78. The molecular weight excluding hydrogens is 614 g/mol. The monoisotopic (exact) mass is 663 g/mol. The van der Waals surface area contributed by atoms with E-state index >= 15 is 0 Å². The molecule has 1 aliphatic rings. The third kappa shape index (κ3) is 9.80. The minimum atomic E-state index is -0.532. The number of anilines is 2. The van der Waals surface area contributed by atoms with Crippen LogP contribution in [0.3, 0.4) is 0 Å². The predicted molar refractivity (Wildman–Crippen MR) is 183 cm³/mol. The van der Waals surface area contributed by atoms with Crippen LogP contribution in [0.2, 0.25) is 0 Å². The van der Waals surface area contributed by atoms with Crippen LogP contribution in [0.5, 0.6) is 5.75 Å². The molecule has 48 heavy (non-hydrogen) atoms. The molecule has 260 valence electrons. The predicted octanol–water partition coefficient (Wildman–Crippen LogP) is 5.43. The van der Waals surface area contributed by atoms with Crippen LogP contribution in [0.1, 0.15) is 67.4 Å². The van der Waals surface area contributed by atoms with E-state index in [1.807, 2.05) is 44.2 Å². The van der Waals surface area contributed by atoms with Gasteiger partial charge >= 0.3 is 6.03 Å². The fraction of sp³-hybridized carbons (Fsp3) is 0.500. The van der Waals surface area contributed by atoms with Crippen molar-refractivity contribution in [2.45, 2.75) is 78.6 Å². The van der Waals surface area contributed by atoms with E-state index in [4.69, 9.17) is 14.0 Å². The molecule has 4 amide bonds. The van der Waals surface area contributed by atoms with E-state index in [9.17, 15) is 19.5 Å². The topological polar surface area (TPSA) is 146 Å². The number of nitrogens with one attached hydrogen (secondary N) is 2. The van der Waals surface area contributed by atoms with E-state index < -0.39 is 12.1 Å². The highest BCUT2D eigenvalue weighted by Gasteiger charge is 2.31. The molecular formula is C36H49N5O7. The van der Waals surface area contributed by atoms with Gasteiger partial charge in [0.2, 0.25) is 5.91 Å². The van der Waals surface area contributed by atoms with Gasteiger partial charge in [-0.2, -0.15) is 0 Å². The molecule has 2 heterocycles. The van der Waals surface area contributed by atoms with Crippen LogP contribution < -0.4 is 15.4 Å². The number of nitrogens with zero attached hydrogens (tertiary/aromatic N) is 3. The fourth-order valence-electron chi connectivity index (χ4n) is 5.68. The Hall–Kier alpha value is -4.42. The molecule has 0 radical (unpaired) electrons. The first-order valence-electron chi connectivity index (χ1n) is 16.6. The van der Waals surface area contributed by atoms with Gasteiger partial charge in [0.25, 0.3) is 5.91 Å². The van der Waals surface area contributed by atoms with E-state index in [1.54, 1.807) is 55.8 Å². The summed E-state index contributed by atoms with van der Waals surface area (Å²) in [4.78, 5) is 43.7. The number of aliphatic hydroxyl groups excluding tert-OH is 1. The number of hydrogen-bond acceptors (Lipinski definition) is 8. The molecule has 12 heteroatoms. The number of hydrogen-bond donors (Lipinski definition) is 3. The summed E-state index contributed by atoms with van der Waals surface area (Å²) in [6, 6.07) is 13.5. The molecule has 1 aliphatic heterocycles. The Kier molecular flexibility index (Phi) is 13.0. The van der Waals surface area contributed by atoms with Crippen molar-refractivity contribution in [3.63, 3.8) is 0 Å². The molecule has 1 aromatic heterocycles. The Morgan fingerprint density at radius 2 is 1.85 bits per heavy atom. The molecule has 0 bridgehead atoms. The lowest BCUT2D eigenvalue weighted by molar-refractivity contribution is -0.131. The van der Waals surface area contributed by atoms with Gasteiger partial charge in [0, 0.05) is 38.3 Å². The number of benzene rings is 2. The summed E-state index contributed by atoms with van der Waals surface area (Å²) in [5.41, 5.74) is 2.59. The Bertz CT molecular complexity index is 1510. The molecule has 0 unspecified atom stereocenters. The van der Waals surface area contributed by atoms with Gasteiger partial charge in [-0.05, 0) is 70.7 Å². The van der Waals surface area contributed by atoms with Crippen molar-refractivity contribution in [1.29, 1.82) is 0 Å². The van der Waals surface area contributed by atoms with Gasteiger partial charge < -0.3 is 39.5 Å². The Morgan fingerprint density at radius 1 is 1.10 bits per heavy atom. The zero-order valence-electron chi connectivity index (χ0n) is 28.8. The van der Waals surface area contributed by atoms with Crippen LogP contribution in [-0.4, -0.2) is 89.5 Å². The maximum Gasteiger partial charge on any atom is 0.323 e. The van der Waals surface area contributed by atoms with Gasteiger partial charge in [0.05, 0.1) is 36.8 Å². The first-order chi connectivity index (χ1) is 23.0. The van der Waals surface area contributed by atoms with Crippen LogP contribution in [0, 0.1) is 19.8 Å². The van der Waals surface area contributed by atoms with Crippen LogP contribution in [-0.2, 0) is 16.0 Å². The second-order valence-corrected chi connectivity index (χ2v) is 12.7. The summed E-state index contributed by atoms with van der Waals surface area (Å²) in [5, 5.41) is 19.6. The molecule has 0 saturated carbocycles. The number of amides is 4. The van der Waals surface area contributed by atoms with E-state index in [2.05, 4.69) is 15.8 Å². The zero-order valence-corrected chi connectivity index (χ0v) is 28.8. The second-order valence-electron chi connectivity index (χ2n) is 12.7. The Balaban J connectivity index is 1.59. The average Bonchev–Trinajstić information content (AvgIpc) is 3.38. The lowest BCUT2D eigenvalue weighted by Crippen LogP contribution is -2.48. The van der Waals surface area contributed by atoms with Crippen LogP contribution in [0.25, 0.3) is 0 Å². The third-order valence-electron chi connectivity index (χ3n) is 8.66. The summed E-state index contributed by atoms with van der Waals surface area (Å²) < 4.78 is 17.8. The third-order valence-corrected chi connectivity index (χ3v) is 8.66. The van der Waals surface area contributed by atoms with Crippen molar-refractivity contribution in [1.82, 2.24) is 15.0 Å². The summed E-state index contributed by atoms with van der Waals surface area (Å²) in [5.74, 6) is 0.295. The number of aromatic nitrogens is 1. The lowest BCUT2D eigenvalue weighted by Gasteiger charge is -2.36. The summed E-state index contributed by atoms with van der Waals surface area (Å²) in [6.45, 7) is 10.0. The molecule has 0 saturated heterocycles. The first kappa shape index (κ1) is 36.4. The Morgan fingerprint density at radius 3 is 2.54 bits per heavy atom. The van der Waals surface area contributed by atoms with Gasteiger partial charge in [-0.15, -0.1) is 0 Å².